The van der Waals surface area contributed by atoms with Crippen LogP contribution in [0.5, 0.6) is 0 Å². The third-order valence-electron chi connectivity index (χ3n) is 7.44. The molecule has 0 bridgehead atoms. The van der Waals surface area contributed by atoms with E-state index in [-0.39, 0.29) is 41.7 Å². The number of ketones is 1. The van der Waals surface area contributed by atoms with Crippen molar-refractivity contribution in [2.75, 3.05) is 0 Å². The first-order valence-electron chi connectivity index (χ1n) is 10.3. The lowest BCUT2D eigenvalue weighted by Crippen LogP contribution is -2.46. The summed E-state index contributed by atoms with van der Waals surface area (Å²) in [5, 5.41) is 1.39. The third-order valence-corrected chi connectivity index (χ3v) is 10.8. The molecule has 4 heteroatoms. The molecule has 1 aromatic carbocycles. The second-order valence-corrected chi connectivity index (χ2v) is 14.2. The average Bonchev–Trinajstić information content (AvgIpc) is 3.05. The molecule has 144 valence electrons. The van der Waals surface area contributed by atoms with E-state index in [2.05, 4.69) is 43.9 Å². The van der Waals surface area contributed by atoms with Crippen LogP contribution in [-0.2, 0) is 14.3 Å². The van der Waals surface area contributed by atoms with Crippen LogP contribution in [-0.4, -0.2) is 25.9 Å². The first-order valence-corrected chi connectivity index (χ1v) is 13.5. The number of allylic oxidation sites excluding steroid dienone is 1. The van der Waals surface area contributed by atoms with Gasteiger partial charge in [0, 0.05) is 24.2 Å². The molecule has 4 rings (SSSR count). The number of hydrogen-bond acceptors (Lipinski definition) is 3. The van der Waals surface area contributed by atoms with E-state index < -0.39 is 8.07 Å². The molecular formula is C23H30O3Si. The van der Waals surface area contributed by atoms with E-state index in [4.69, 9.17) is 4.74 Å². The maximum atomic E-state index is 13.1. The second-order valence-electron chi connectivity index (χ2n) is 9.47. The summed E-state index contributed by atoms with van der Waals surface area (Å²) in [6.07, 6.45) is 2.36. The van der Waals surface area contributed by atoms with Gasteiger partial charge in [-0.3, -0.25) is 9.59 Å². The van der Waals surface area contributed by atoms with Crippen LogP contribution in [0.1, 0.15) is 26.2 Å². The fourth-order valence-corrected chi connectivity index (χ4v) is 8.71. The highest BCUT2D eigenvalue weighted by atomic mass is 28.3. The summed E-state index contributed by atoms with van der Waals surface area (Å²) in [7, 11) is -1.77. The number of carbonyl (C=O) groups is 2. The maximum absolute atomic E-state index is 13.1. The summed E-state index contributed by atoms with van der Waals surface area (Å²) in [5.41, 5.74) is 1.20. The lowest BCUT2D eigenvalue weighted by atomic mass is 9.78. The number of ether oxygens (including phenoxy) is 1. The van der Waals surface area contributed by atoms with Crippen molar-refractivity contribution in [3.05, 3.63) is 42.5 Å². The van der Waals surface area contributed by atoms with Crippen molar-refractivity contribution in [1.82, 2.24) is 0 Å². The molecule has 0 radical (unpaired) electrons. The molecule has 6 atom stereocenters. The molecule has 1 saturated heterocycles. The van der Waals surface area contributed by atoms with Crippen LogP contribution in [0.2, 0.25) is 19.1 Å². The molecule has 3 aliphatic rings. The van der Waals surface area contributed by atoms with Gasteiger partial charge in [-0.1, -0.05) is 67.7 Å². The molecule has 3 fully saturated rings. The summed E-state index contributed by atoms with van der Waals surface area (Å²) in [6.45, 7) is 11.0. The number of esters is 1. The van der Waals surface area contributed by atoms with E-state index in [0.29, 0.717) is 12.2 Å². The largest absolute Gasteiger partial charge is 0.461 e. The second kappa shape index (κ2) is 6.73. The molecule has 1 aliphatic heterocycles. The van der Waals surface area contributed by atoms with Crippen LogP contribution in [0.3, 0.4) is 0 Å². The van der Waals surface area contributed by atoms with Gasteiger partial charge >= 0.3 is 5.97 Å². The van der Waals surface area contributed by atoms with E-state index in [1.54, 1.807) is 0 Å². The van der Waals surface area contributed by atoms with Crippen molar-refractivity contribution in [2.45, 2.75) is 51.4 Å². The molecule has 0 unspecified atom stereocenters. The van der Waals surface area contributed by atoms with Gasteiger partial charge in [0.05, 0.1) is 14.0 Å². The number of Topliss-reactive ketones (excluding diaryl/α,β-unsaturated/α-hetero) is 1. The fraction of sp³-hybridized carbons (Fsp3) is 0.565. The Morgan fingerprint density at radius 2 is 1.89 bits per heavy atom. The highest BCUT2D eigenvalue weighted by Gasteiger charge is 2.57. The Balaban J connectivity index is 1.67. The highest BCUT2D eigenvalue weighted by Crippen LogP contribution is 2.53. The molecule has 2 saturated carbocycles. The minimum Gasteiger partial charge on any atom is -0.461 e. The Morgan fingerprint density at radius 3 is 2.59 bits per heavy atom. The van der Waals surface area contributed by atoms with Crippen molar-refractivity contribution in [2.24, 2.45) is 29.6 Å². The van der Waals surface area contributed by atoms with Crippen LogP contribution < -0.4 is 5.19 Å². The van der Waals surface area contributed by atoms with Crippen LogP contribution in [0.15, 0.2) is 42.5 Å². The Hall–Kier alpha value is -1.68. The third kappa shape index (κ3) is 3.12. The molecule has 0 amide bonds. The van der Waals surface area contributed by atoms with Gasteiger partial charge in [-0.15, -0.1) is 0 Å². The zero-order valence-corrected chi connectivity index (χ0v) is 17.6. The van der Waals surface area contributed by atoms with Crippen molar-refractivity contribution >= 4 is 25.0 Å². The summed E-state index contributed by atoms with van der Waals surface area (Å²) in [4.78, 5) is 25.4. The van der Waals surface area contributed by atoms with Gasteiger partial charge in [0.15, 0.2) is 0 Å². The van der Waals surface area contributed by atoms with Crippen molar-refractivity contribution in [1.29, 1.82) is 0 Å². The standard InChI is InChI=1S/C23H30O3Si/c1-14-10-11-17-15(2)23(25)26-22(17)21-18(14)12-20(24)19(21)13-27(3,4)16-8-6-5-7-9-16/h5-9,15,17-19,21-22H,1,10-13H2,2-4H3/t15-,17-,18-,19+,21+,22-/m0/s1. The SMILES string of the molecule is C=C1CC[C@@H]2[C@H](OC(=O)[C@H]2C)[C@H]2[C@H](C[Si](C)(C)c3ccccc3)C(=O)C[C@@H]12. The Bertz CT molecular complexity index is 769. The van der Waals surface area contributed by atoms with E-state index in [1.165, 1.54) is 10.8 Å². The quantitative estimate of drug-likeness (QED) is 0.452. The molecule has 0 N–H and O–H groups in total. The lowest BCUT2D eigenvalue weighted by Gasteiger charge is -2.34. The van der Waals surface area contributed by atoms with Crippen molar-refractivity contribution < 1.29 is 14.3 Å². The minimum atomic E-state index is -1.77. The monoisotopic (exact) mass is 382 g/mol. The summed E-state index contributed by atoms with van der Waals surface area (Å²) in [6, 6.07) is 11.6. The average molecular weight is 383 g/mol. The van der Waals surface area contributed by atoms with Gasteiger partial charge in [-0.2, -0.15) is 0 Å². The summed E-state index contributed by atoms with van der Waals surface area (Å²) in [5.74, 6) is 0.777. The number of carbonyl (C=O) groups excluding carboxylic acids is 2. The smallest absolute Gasteiger partial charge is 0.309 e. The number of hydrogen-bond donors (Lipinski definition) is 0. The van der Waals surface area contributed by atoms with E-state index in [0.717, 1.165) is 18.9 Å². The molecule has 0 spiro atoms. The predicted molar refractivity (Wildman–Crippen MR) is 109 cm³/mol. The Labute approximate surface area is 163 Å². The van der Waals surface area contributed by atoms with E-state index in [1.807, 2.05) is 13.0 Å². The topological polar surface area (TPSA) is 43.4 Å². The van der Waals surface area contributed by atoms with E-state index >= 15 is 0 Å². The molecule has 1 heterocycles. The maximum Gasteiger partial charge on any atom is 0.309 e. The normalized spacial score (nSPS) is 36.2. The zero-order chi connectivity index (χ0) is 19.3. The Morgan fingerprint density at radius 1 is 1.19 bits per heavy atom. The van der Waals surface area contributed by atoms with Gasteiger partial charge in [0.1, 0.15) is 11.9 Å². The van der Waals surface area contributed by atoms with Gasteiger partial charge in [0.25, 0.3) is 0 Å². The van der Waals surface area contributed by atoms with Gasteiger partial charge in [-0.05, 0) is 24.8 Å². The summed E-state index contributed by atoms with van der Waals surface area (Å²) >= 11 is 0. The Kier molecular flexibility index (Phi) is 4.65. The molecule has 2 aliphatic carbocycles. The highest BCUT2D eigenvalue weighted by molar-refractivity contribution is 6.90. The van der Waals surface area contributed by atoms with Crippen molar-refractivity contribution in [3.63, 3.8) is 0 Å². The number of rotatable bonds is 3. The molecule has 27 heavy (non-hydrogen) atoms. The minimum absolute atomic E-state index is 0.00248. The van der Waals surface area contributed by atoms with Crippen LogP contribution in [0, 0.1) is 29.6 Å². The van der Waals surface area contributed by atoms with Gasteiger partial charge < -0.3 is 4.74 Å². The molecule has 3 nitrogen and oxygen atoms in total. The zero-order valence-electron chi connectivity index (χ0n) is 16.6. The lowest BCUT2D eigenvalue weighted by molar-refractivity contribution is -0.146. The first-order chi connectivity index (χ1) is 12.8. The van der Waals surface area contributed by atoms with Crippen molar-refractivity contribution in [3.8, 4) is 0 Å². The molecule has 0 aromatic heterocycles. The van der Waals surface area contributed by atoms with Crippen LogP contribution in [0.25, 0.3) is 0 Å². The first kappa shape index (κ1) is 18.7. The van der Waals surface area contributed by atoms with Crippen LogP contribution >= 0.6 is 0 Å². The number of fused-ring (bicyclic) bond motifs is 3. The number of benzene rings is 1. The fourth-order valence-electron chi connectivity index (χ4n) is 5.78. The molecular weight excluding hydrogens is 352 g/mol. The van der Waals surface area contributed by atoms with E-state index in [9.17, 15) is 9.59 Å². The van der Waals surface area contributed by atoms with Crippen LogP contribution in [0.4, 0.5) is 0 Å². The predicted octanol–water partition coefficient (Wildman–Crippen LogP) is 3.95. The van der Waals surface area contributed by atoms with Gasteiger partial charge in [0.2, 0.25) is 0 Å². The molecule has 1 aromatic rings. The van der Waals surface area contributed by atoms with Gasteiger partial charge in [-0.25, -0.2) is 0 Å². The summed E-state index contributed by atoms with van der Waals surface area (Å²) < 4.78 is 5.90.